The molecule has 1 aromatic heterocycles. The maximum absolute atomic E-state index is 11.7. The minimum Gasteiger partial charge on any atom is -0.369 e. The molecule has 0 spiro atoms. The number of carbonyl (C=O) groups is 1. The monoisotopic (exact) mass is 483 g/mol. The van der Waals surface area contributed by atoms with Crippen LogP contribution in [0.1, 0.15) is 39.2 Å². The molecule has 4 rings (SSSR count). The molecule has 6 nitrogen and oxygen atoms in total. The summed E-state index contributed by atoms with van der Waals surface area (Å²) in [6.45, 7) is 8.61. The molecule has 1 amide bonds. The number of aromatic nitrogens is 3. The predicted molar refractivity (Wildman–Crippen MR) is 135 cm³/mol. The second-order valence-corrected chi connectivity index (χ2v) is 10.5. The number of rotatable bonds is 5. The molecule has 0 bridgehead atoms. The van der Waals surface area contributed by atoms with Gasteiger partial charge in [-0.25, -0.2) is 4.68 Å². The van der Waals surface area contributed by atoms with Crippen LogP contribution < -0.4 is 5.73 Å². The summed E-state index contributed by atoms with van der Waals surface area (Å²) in [5, 5.41) is 5.59. The van der Waals surface area contributed by atoms with Crippen molar-refractivity contribution < 1.29 is 4.79 Å². The summed E-state index contributed by atoms with van der Waals surface area (Å²) in [7, 11) is 0. The number of halogens is 1. The summed E-state index contributed by atoms with van der Waals surface area (Å²) in [5.74, 6) is 0.400. The topological polar surface area (TPSA) is 69.1 Å². The van der Waals surface area contributed by atoms with E-state index in [2.05, 4.69) is 49.9 Å². The van der Waals surface area contributed by atoms with Crippen molar-refractivity contribution in [3.63, 3.8) is 0 Å². The van der Waals surface area contributed by atoms with Crippen LogP contribution in [0.3, 0.4) is 0 Å². The van der Waals surface area contributed by atoms with Gasteiger partial charge in [-0.2, -0.15) is 0 Å². The van der Waals surface area contributed by atoms with Crippen molar-refractivity contribution in [1.29, 1.82) is 0 Å². The molecule has 0 unspecified atom stereocenters. The minimum atomic E-state index is -0.241. The van der Waals surface area contributed by atoms with Gasteiger partial charge >= 0.3 is 0 Å². The van der Waals surface area contributed by atoms with Crippen LogP contribution in [-0.2, 0) is 16.9 Å². The lowest BCUT2D eigenvalue weighted by Crippen LogP contribution is -2.42. The second kappa shape index (κ2) is 9.41. The highest BCUT2D eigenvalue weighted by Crippen LogP contribution is 2.28. The third-order valence-electron chi connectivity index (χ3n) is 6.18. The van der Waals surface area contributed by atoms with E-state index >= 15 is 0 Å². The summed E-state index contributed by atoms with van der Waals surface area (Å²) in [4.78, 5) is 13.9. The molecule has 2 heterocycles. The normalized spacial score (nSPS) is 17.3. The van der Waals surface area contributed by atoms with E-state index in [9.17, 15) is 4.79 Å². The third-order valence-corrected chi connectivity index (χ3v) is 6.82. The maximum Gasteiger partial charge on any atom is 0.221 e. The number of nitrogens with two attached hydrogens (primary N) is 1. The first kappa shape index (κ1) is 23.7. The lowest BCUT2D eigenvalue weighted by molar-refractivity contribution is -0.123. The smallest absolute Gasteiger partial charge is 0.221 e. The van der Waals surface area contributed by atoms with Crippen molar-refractivity contribution in [3.8, 4) is 17.1 Å². The van der Waals surface area contributed by atoms with Gasteiger partial charge in [0.25, 0.3) is 0 Å². The molecule has 174 valence electrons. The molecule has 3 aromatic rings. The quantitative estimate of drug-likeness (QED) is 0.508. The molecule has 2 aromatic carbocycles. The SMILES string of the molecule is CC(C)(C)c1ccc(-c2nn(CN3CCC[C@H](C(N)=O)C3)c(=S)n2-c2ccc(Cl)cc2)cc1. The molecule has 0 aliphatic carbocycles. The summed E-state index contributed by atoms with van der Waals surface area (Å²) < 4.78 is 4.40. The van der Waals surface area contributed by atoms with Gasteiger partial charge in [0.05, 0.1) is 18.3 Å². The molecule has 1 aliphatic heterocycles. The maximum atomic E-state index is 11.7. The highest BCUT2D eigenvalue weighted by Gasteiger charge is 2.25. The van der Waals surface area contributed by atoms with E-state index < -0.39 is 0 Å². The fourth-order valence-corrected chi connectivity index (χ4v) is 4.65. The molecule has 8 heteroatoms. The van der Waals surface area contributed by atoms with Crippen molar-refractivity contribution in [2.75, 3.05) is 13.1 Å². The minimum absolute atomic E-state index is 0.0679. The van der Waals surface area contributed by atoms with Crippen LogP contribution >= 0.6 is 23.8 Å². The fraction of sp³-hybridized carbons (Fsp3) is 0.400. The molecular weight excluding hydrogens is 454 g/mol. The zero-order valence-electron chi connectivity index (χ0n) is 19.3. The van der Waals surface area contributed by atoms with Gasteiger partial charge < -0.3 is 5.73 Å². The molecule has 1 aliphatic rings. The summed E-state index contributed by atoms with van der Waals surface area (Å²) in [5.41, 5.74) is 8.77. The molecule has 0 radical (unpaired) electrons. The van der Waals surface area contributed by atoms with Gasteiger partial charge in [0.1, 0.15) is 0 Å². The zero-order valence-corrected chi connectivity index (χ0v) is 20.9. The Hall–Kier alpha value is -2.48. The van der Waals surface area contributed by atoms with Crippen LogP contribution in [0.2, 0.25) is 5.02 Å². The lowest BCUT2D eigenvalue weighted by atomic mass is 9.87. The Morgan fingerprint density at radius 1 is 1.15 bits per heavy atom. The molecule has 0 saturated carbocycles. The number of hydrogen-bond acceptors (Lipinski definition) is 4. The van der Waals surface area contributed by atoms with E-state index in [-0.39, 0.29) is 17.2 Å². The molecule has 33 heavy (non-hydrogen) atoms. The van der Waals surface area contributed by atoms with Crippen molar-refractivity contribution in [2.45, 2.75) is 45.7 Å². The Bertz CT molecular complexity index is 1190. The first-order valence-corrected chi connectivity index (χ1v) is 12.0. The number of primary amides is 1. The number of piperidine rings is 1. The third kappa shape index (κ3) is 5.21. The molecular formula is C25H30ClN5OS. The first-order valence-electron chi connectivity index (χ1n) is 11.2. The number of carbonyl (C=O) groups excluding carboxylic acids is 1. The van der Waals surface area contributed by atoms with E-state index in [0.717, 1.165) is 36.5 Å². The summed E-state index contributed by atoms with van der Waals surface area (Å²) in [6, 6.07) is 16.1. The van der Waals surface area contributed by atoms with Crippen molar-refractivity contribution >= 4 is 29.7 Å². The fourth-order valence-electron chi connectivity index (χ4n) is 4.23. The largest absolute Gasteiger partial charge is 0.369 e. The first-order chi connectivity index (χ1) is 15.6. The Labute approximate surface area is 205 Å². The van der Waals surface area contributed by atoms with Crippen LogP contribution in [0.5, 0.6) is 0 Å². The van der Waals surface area contributed by atoms with Crippen molar-refractivity contribution in [1.82, 2.24) is 19.2 Å². The summed E-state index contributed by atoms with van der Waals surface area (Å²) >= 11 is 12.0. The van der Waals surface area contributed by atoms with Crippen molar-refractivity contribution in [3.05, 3.63) is 63.9 Å². The molecule has 2 N–H and O–H groups in total. The number of hydrogen-bond donors (Lipinski definition) is 1. The second-order valence-electron chi connectivity index (χ2n) is 9.70. The predicted octanol–water partition coefficient (Wildman–Crippen LogP) is 5.18. The Morgan fingerprint density at radius 2 is 1.82 bits per heavy atom. The number of nitrogens with zero attached hydrogens (tertiary/aromatic N) is 4. The van der Waals surface area contributed by atoms with Gasteiger partial charge in [0.2, 0.25) is 10.7 Å². The van der Waals surface area contributed by atoms with E-state index in [1.54, 1.807) is 0 Å². The average Bonchev–Trinajstić information content (AvgIpc) is 3.10. The Morgan fingerprint density at radius 3 is 2.42 bits per heavy atom. The van der Waals surface area contributed by atoms with Gasteiger partial charge in [-0.1, -0.05) is 56.6 Å². The van der Waals surface area contributed by atoms with Crippen LogP contribution in [0.15, 0.2) is 48.5 Å². The van der Waals surface area contributed by atoms with Crippen LogP contribution in [0.4, 0.5) is 0 Å². The van der Waals surface area contributed by atoms with Gasteiger partial charge in [0, 0.05) is 17.1 Å². The standard InChI is InChI=1S/C25H30ClN5OS/c1-25(2,3)19-8-6-17(7-9-19)23-28-30(16-29-14-4-5-18(15-29)22(27)32)24(33)31(23)21-12-10-20(26)11-13-21/h6-13,18H,4-5,14-16H2,1-3H3,(H2,27,32)/t18-/m0/s1. The van der Waals surface area contributed by atoms with E-state index in [4.69, 9.17) is 34.7 Å². The highest BCUT2D eigenvalue weighted by atomic mass is 35.5. The zero-order chi connectivity index (χ0) is 23.8. The molecule has 1 saturated heterocycles. The summed E-state index contributed by atoms with van der Waals surface area (Å²) in [6.07, 6.45) is 1.77. The van der Waals surface area contributed by atoms with E-state index in [1.165, 1.54) is 5.56 Å². The van der Waals surface area contributed by atoms with Crippen LogP contribution in [0.25, 0.3) is 17.1 Å². The lowest BCUT2D eigenvalue weighted by Gasteiger charge is -2.30. The number of likely N-dealkylation sites (tertiary alicyclic amines) is 1. The molecule has 1 atom stereocenters. The number of benzene rings is 2. The van der Waals surface area contributed by atoms with E-state index in [1.807, 2.05) is 33.5 Å². The molecule has 1 fully saturated rings. The van der Waals surface area contributed by atoms with Gasteiger partial charge in [-0.05, 0) is 66.8 Å². The van der Waals surface area contributed by atoms with Gasteiger partial charge in [0.15, 0.2) is 5.82 Å². The van der Waals surface area contributed by atoms with Crippen molar-refractivity contribution in [2.24, 2.45) is 11.7 Å². The Kier molecular flexibility index (Phi) is 6.75. The Balaban J connectivity index is 1.74. The van der Waals surface area contributed by atoms with E-state index in [0.29, 0.717) is 23.0 Å². The highest BCUT2D eigenvalue weighted by molar-refractivity contribution is 7.71. The van der Waals surface area contributed by atoms with Crippen LogP contribution in [0, 0.1) is 10.7 Å². The number of amides is 1. The average molecular weight is 484 g/mol. The van der Waals surface area contributed by atoms with Gasteiger partial charge in [-0.3, -0.25) is 14.3 Å². The van der Waals surface area contributed by atoms with Crippen LogP contribution in [-0.4, -0.2) is 38.2 Å². The van der Waals surface area contributed by atoms with Gasteiger partial charge in [-0.15, -0.1) is 5.10 Å².